The lowest BCUT2D eigenvalue weighted by molar-refractivity contribution is -0.137. The van der Waals surface area contributed by atoms with Crippen molar-refractivity contribution in [3.05, 3.63) is 70.0 Å². The van der Waals surface area contributed by atoms with Crippen molar-refractivity contribution in [3.63, 3.8) is 0 Å². The lowest BCUT2D eigenvalue weighted by Crippen LogP contribution is -2.10. The lowest BCUT2D eigenvalue weighted by Gasteiger charge is -2.18. The fourth-order valence-electron chi connectivity index (χ4n) is 2.17. The topological polar surface area (TPSA) is 20.2 Å². The molecular formula is C16H14F4O. The molecule has 0 aliphatic carbocycles. The second-order valence-corrected chi connectivity index (χ2v) is 4.93. The quantitative estimate of drug-likeness (QED) is 0.807. The average molecular weight is 298 g/mol. The van der Waals surface area contributed by atoms with Gasteiger partial charge in [0, 0.05) is 5.56 Å². The molecule has 2 aromatic carbocycles. The fourth-order valence-corrected chi connectivity index (χ4v) is 2.17. The maximum atomic E-state index is 13.8. The number of halogens is 4. The van der Waals surface area contributed by atoms with E-state index in [4.69, 9.17) is 0 Å². The third-order valence-corrected chi connectivity index (χ3v) is 3.56. The Kier molecular flexibility index (Phi) is 4.05. The van der Waals surface area contributed by atoms with Crippen molar-refractivity contribution in [2.24, 2.45) is 0 Å². The minimum atomic E-state index is -4.58. The zero-order valence-corrected chi connectivity index (χ0v) is 11.5. The summed E-state index contributed by atoms with van der Waals surface area (Å²) in [7, 11) is 0. The first kappa shape index (κ1) is 15.5. The van der Waals surface area contributed by atoms with Crippen LogP contribution in [0.2, 0.25) is 0 Å². The largest absolute Gasteiger partial charge is 0.416 e. The maximum Gasteiger partial charge on any atom is 0.416 e. The van der Waals surface area contributed by atoms with Crippen LogP contribution in [0.1, 0.15) is 33.9 Å². The van der Waals surface area contributed by atoms with Gasteiger partial charge in [-0.25, -0.2) is 4.39 Å². The van der Waals surface area contributed by atoms with Gasteiger partial charge in [0.05, 0.1) is 5.56 Å². The Morgan fingerprint density at radius 1 is 1.00 bits per heavy atom. The van der Waals surface area contributed by atoms with Crippen LogP contribution in [-0.2, 0) is 6.18 Å². The van der Waals surface area contributed by atoms with E-state index in [0.29, 0.717) is 17.7 Å². The molecule has 5 heteroatoms. The van der Waals surface area contributed by atoms with Crippen LogP contribution in [0.4, 0.5) is 17.6 Å². The maximum absolute atomic E-state index is 13.8. The van der Waals surface area contributed by atoms with Gasteiger partial charge in [-0.15, -0.1) is 0 Å². The number of hydrogen-bond donors (Lipinski definition) is 1. The molecule has 0 aliphatic rings. The van der Waals surface area contributed by atoms with Crippen molar-refractivity contribution >= 4 is 0 Å². The zero-order chi connectivity index (χ0) is 15.8. The second-order valence-electron chi connectivity index (χ2n) is 4.93. The standard InChI is InChI=1S/C16H14F4O/c1-9-4-3-5-12(10(9)2)15(21)13-8-11(16(18,19)20)6-7-14(13)17/h3-8,15,21H,1-2H3. The second kappa shape index (κ2) is 5.48. The molecule has 112 valence electrons. The van der Waals surface area contributed by atoms with Gasteiger partial charge in [-0.1, -0.05) is 18.2 Å². The summed E-state index contributed by atoms with van der Waals surface area (Å²) < 4.78 is 51.9. The van der Waals surface area contributed by atoms with Crippen molar-refractivity contribution in [3.8, 4) is 0 Å². The molecule has 0 aromatic heterocycles. The highest BCUT2D eigenvalue weighted by atomic mass is 19.4. The van der Waals surface area contributed by atoms with Crippen molar-refractivity contribution in [1.29, 1.82) is 0 Å². The molecule has 2 rings (SSSR count). The molecule has 0 aliphatic heterocycles. The Morgan fingerprint density at radius 2 is 1.67 bits per heavy atom. The fraction of sp³-hybridized carbons (Fsp3) is 0.250. The van der Waals surface area contributed by atoms with E-state index in [9.17, 15) is 22.7 Å². The molecule has 0 bridgehead atoms. The normalized spacial score (nSPS) is 13.3. The molecule has 1 nitrogen and oxygen atoms in total. The van der Waals surface area contributed by atoms with Crippen molar-refractivity contribution < 1.29 is 22.7 Å². The monoisotopic (exact) mass is 298 g/mol. The Hall–Kier alpha value is -1.88. The number of aliphatic hydroxyl groups excluding tert-OH is 1. The predicted octanol–water partition coefficient (Wildman–Crippen LogP) is 4.54. The number of benzene rings is 2. The first-order valence-electron chi connectivity index (χ1n) is 6.32. The van der Waals surface area contributed by atoms with Crippen molar-refractivity contribution in [2.45, 2.75) is 26.1 Å². The van der Waals surface area contributed by atoms with E-state index in [0.717, 1.165) is 17.2 Å². The zero-order valence-electron chi connectivity index (χ0n) is 11.5. The first-order chi connectivity index (χ1) is 9.71. The smallest absolute Gasteiger partial charge is 0.384 e. The lowest BCUT2D eigenvalue weighted by atomic mass is 9.93. The van der Waals surface area contributed by atoms with Gasteiger partial charge in [-0.05, 0) is 48.7 Å². The number of aliphatic hydroxyl groups is 1. The molecule has 0 saturated heterocycles. The van der Waals surface area contributed by atoms with Crippen LogP contribution in [0.25, 0.3) is 0 Å². The molecule has 0 radical (unpaired) electrons. The minimum absolute atomic E-state index is 0.376. The molecule has 0 spiro atoms. The average Bonchev–Trinajstić information content (AvgIpc) is 2.40. The third kappa shape index (κ3) is 3.08. The highest BCUT2D eigenvalue weighted by molar-refractivity contribution is 5.41. The van der Waals surface area contributed by atoms with Crippen LogP contribution in [0.3, 0.4) is 0 Å². The Morgan fingerprint density at radius 3 is 2.29 bits per heavy atom. The van der Waals surface area contributed by atoms with E-state index in [1.54, 1.807) is 19.1 Å². The van der Waals surface area contributed by atoms with Crippen molar-refractivity contribution in [2.75, 3.05) is 0 Å². The highest BCUT2D eigenvalue weighted by Gasteiger charge is 2.32. The van der Waals surface area contributed by atoms with Gasteiger partial charge >= 0.3 is 6.18 Å². The summed E-state index contributed by atoms with van der Waals surface area (Å²) in [6.45, 7) is 3.55. The van der Waals surface area contributed by atoms with Gasteiger partial charge in [0.1, 0.15) is 11.9 Å². The van der Waals surface area contributed by atoms with Gasteiger partial charge in [-0.2, -0.15) is 13.2 Å². The summed E-state index contributed by atoms with van der Waals surface area (Å²) in [5.74, 6) is -0.864. The molecule has 1 atom stereocenters. The summed E-state index contributed by atoms with van der Waals surface area (Å²) in [6.07, 6.45) is -6.02. The summed E-state index contributed by atoms with van der Waals surface area (Å²) in [5, 5.41) is 10.3. The summed E-state index contributed by atoms with van der Waals surface area (Å²) >= 11 is 0. The van der Waals surface area contributed by atoms with Gasteiger partial charge in [-0.3, -0.25) is 0 Å². The van der Waals surface area contributed by atoms with Crippen molar-refractivity contribution in [1.82, 2.24) is 0 Å². The molecule has 0 fully saturated rings. The van der Waals surface area contributed by atoms with E-state index in [2.05, 4.69) is 0 Å². The number of rotatable bonds is 2. The van der Waals surface area contributed by atoms with Crippen LogP contribution in [0.15, 0.2) is 36.4 Å². The van der Waals surface area contributed by atoms with Crippen LogP contribution in [-0.4, -0.2) is 5.11 Å². The van der Waals surface area contributed by atoms with Gasteiger partial charge in [0.15, 0.2) is 0 Å². The van der Waals surface area contributed by atoms with Crippen LogP contribution in [0, 0.1) is 19.7 Å². The molecule has 1 N–H and O–H groups in total. The Balaban J connectivity index is 2.53. The molecule has 0 amide bonds. The van der Waals surface area contributed by atoms with Gasteiger partial charge in [0.2, 0.25) is 0 Å². The predicted molar refractivity (Wildman–Crippen MR) is 71.4 cm³/mol. The van der Waals surface area contributed by atoms with Gasteiger partial charge < -0.3 is 5.11 Å². The van der Waals surface area contributed by atoms with Crippen LogP contribution >= 0.6 is 0 Å². The van der Waals surface area contributed by atoms with E-state index < -0.39 is 23.7 Å². The number of aryl methyl sites for hydroxylation is 1. The summed E-state index contributed by atoms with van der Waals surface area (Å²) in [6, 6.07) is 7.11. The highest BCUT2D eigenvalue weighted by Crippen LogP contribution is 2.34. The van der Waals surface area contributed by atoms with E-state index in [1.807, 2.05) is 13.0 Å². The van der Waals surface area contributed by atoms with Gasteiger partial charge in [0.25, 0.3) is 0 Å². The van der Waals surface area contributed by atoms with Crippen LogP contribution < -0.4 is 0 Å². The SMILES string of the molecule is Cc1cccc(C(O)c2cc(C(F)(F)F)ccc2F)c1C. The van der Waals surface area contributed by atoms with E-state index in [-0.39, 0.29) is 5.56 Å². The van der Waals surface area contributed by atoms with E-state index in [1.165, 1.54) is 0 Å². The molecular weight excluding hydrogens is 284 g/mol. The molecule has 21 heavy (non-hydrogen) atoms. The number of alkyl halides is 3. The molecule has 2 aromatic rings. The number of hydrogen-bond acceptors (Lipinski definition) is 1. The molecule has 0 saturated carbocycles. The summed E-state index contributed by atoms with van der Waals surface area (Å²) in [5.41, 5.74) is 0.635. The van der Waals surface area contributed by atoms with Crippen LogP contribution in [0.5, 0.6) is 0 Å². The Labute approximate surface area is 119 Å². The molecule has 0 heterocycles. The first-order valence-corrected chi connectivity index (χ1v) is 6.32. The minimum Gasteiger partial charge on any atom is -0.384 e. The Bertz CT molecular complexity index is 662. The molecule has 1 unspecified atom stereocenters. The third-order valence-electron chi connectivity index (χ3n) is 3.56. The van der Waals surface area contributed by atoms with E-state index >= 15 is 0 Å². The summed E-state index contributed by atoms with van der Waals surface area (Å²) in [4.78, 5) is 0.